The third-order valence-electron chi connectivity index (χ3n) is 6.56. The van der Waals surface area contributed by atoms with Crippen LogP contribution < -0.4 is 5.32 Å². The summed E-state index contributed by atoms with van der Waals surface area (Å²) in [4.78, 5) is 11.6. The van der Waals surface area contributed by atoms with E-state index in [1.165, 1.54) is 64.7 Å². The van der Waals surface area contributed by atoms with E-state index < -0.39 is 49.5 Å². The number of hydrogen-bond acceptors (Lipinski definition) is 8. The van der Waals surface area contributed by atoms with E-state index in [1.54, 1.807) is 6.08 Å². The molecule has 9 nitrogen and oxygen atoms in total. The van der Waals surface area contributed by atoms with Gasteiger partial charge in [-0.1, -0.05) is 82.6 Å². The van der Waals surface area contributed by atoms with E-state index in [9.17, 15) is 30.3 Å². The number of rotatable bonds is 20. The van der Waals surface area contributed by atoms with Gasteiger partial charge in [0.25, 0.3) is 0 Å². The summed E-state index contributed by atoms with van der Waals surface area (Å²) in [5.41, 5.74) is 0. The molecule has 0 spiro atoms. The van der Waals surface area contributed by atoms with Gasteiger partial charge in [-0.15, -0.1) is 0 Å². The summed E-state index contributed by atoms with van der Waals surface area (Å²) in [5.74, 6) is -0.366. The third-order valence-corrected chi connectivity index (χ3v) is 6.56. The van der Waals surface area contributed by atoms with Crippen LogP contribution in [-0.2, 0) is 14.3 Å². The Bertz CT molecular complexity index is 642. The van der Waals surface area contributed by atoms with Gasteiger partial charge in [-0.05, 0) is 25.7 Å². The zero-order valence-corrected chi connectivity index (χ0v) is 22.7. The number of carbonyl (C=O) groups is 1. The smallest absolute Gasteiger partial charge is 0.217 e. The molecule has 9 heteroatoms. The molecule has 1 aliphatic heterocycles. The molecule has 0 aromatic carbocycles. The van der Waals surface area contributed by atoms with Crippen molar-refractivity contribution in [1.82, 2.24) is 5.32 Å². The first-order valence-electron chi connectivity index (χ1n) is 14.0. The summed E-state index contributed by atoms with van der Waals surface area (Å²) in [5, 5.41) is 52.2. The minimum Gasteiger partial charge on any atom is -0.394 e. The molecule has 0 aliphatic carbocycles. The lowest BCUT2D eigenvalue weighted by atomic mass is 9.99. The summed E-state index contributed by atoms with van der Waals surface area (Å²) in [6.45, 7) is 2.77. The van der Waals surface area contributed by atoms with Gasteiger partial charge in [-0.3, -0.25) is 4.79 Å². The van der Waals surface area contributed by atoms with Gasteiger partial charge in [0.2, 0.25) is 5.91 Å². The fourth-order valence-corrected chi connectivity index (χ4v) is 4.26. The summed E-state index contributed by atoms with van der Waals surface area (Å²) < 4.78 is 10.8. The highest BCUT2D eigenvalue weighted by Gasteiger charge is 2.44. The van der Waals surface area contributed by atoms with Crippen LogP contribution in [0.3, 0.4) is 0 Å². The maximum absolute atomic E-state index is 11.6. The Morgan fingerprint density at radius 1 is 0.892 bits per heavy atom. The number of aliphatic hydroxyl groups excluding tert-OH is 5. The van der Waals surface area contributed by atoms with Gasteiger partial charge in [0.1, 0.15) is 24.4 Å². The van der Waals surface area contributed by atoms with Crippen molar-refractivity contribution in [2.75, 3.05) is 13.2 Å². The highest BCUT2D eigenvalue weighted by Crippen LogP contribution is 2.22. The highest BCUT2D eigenvalue weighted by molar-refractivity contribution is 5.73. The van der Waals surface area contributed by atoms with Crippen LogP contribution >= 0.6 is 0 Å². The standard InChI is InChI=1S/C28H51NO8/c1-3-4-5-6-7-8-9-10-11-12-13-14-15-16-17-18-23(32)22(29-21(2)31)20-36-28-27(35)26(34)25(33)24(19-30)37-28/h13-14,17-18,22-28,30,32-35H,3-12,15-16,19-20H2,1-2H3,(H,29,31)/b14-13+,18-17+. The van der Waals surface area contributed by atoms with Crippen LogP contribution in [0.25, 0.3) is 0 Å². The molecule has 1 aliphatic rings. The molecule has 0 bridgehead atoms. The van der Waals surface area contributed by atoms with Crippen LogP contribution in [0.4, 0.5) is 0 Å². The van der Waals surface area contributed by atoms with Crippen LogP contribution in [0.5, 0.6) is 0 Å². The molecule has 0 aromatic rings. The molecule has 1 saturated heterocycles. The molecule has 0 radical (unpaired) electrons. The molecule has 1 amide bonds. The molecular weight excluding hydrogens is 478 g/mol. The van der Waals surface area contributed by atoms with E-state index in [2.05, 4.69) is 24.4 Å². The number of unbranched alkanes of at least 4 members (excludes halogenated alkanes) is 10. The minimum absolute atomic E-state index is 0.216. The Labute approximate surface area is 222 Å². The van der Waals surface area contributed by atoms with Crippen molar-refractivity contribution >= 4 is 5.91 Å². The fourth-order valence-electron chi connectivity index (χ4n) is 4.26. The second-order valence-electron chi connectivity index (χ2n) is 9.92. The Morgan fingerprint density at radius 3 is 2.11 bits per heavy atom. The zero-order chi connectivity index (χ0) is 27.5. The predicted molar refractivity (Wildman–Crippen MR) is 143 cm³/mol. The van der Waals surface area contributed by atoms with Crippen LogP contribution in [0.2, 0.25) is 0 Å². The molecule has 7 atom stereocenters. The van der Waals surface area contributed by atoms with E-state index in [-0.39, 0.29) is 12.5 Å². The van der Waals surface area contributed by atoms with Crippen molar-refractivity contribution in [3.05, 3.63) is 24.3 Å². The SMILES string of the molecule is CCCCCCCCCCC/C=C/CC/C=C/C(O)C(COC1OC(CO)C(O)C(O)C1O)NC(C)=O. The molecule has 1 fully saturated rings. The van der Waals surface area contributed by atoms with Crippen molar-refractivity contribution in [2.45, 2.75) is 134 Å². The maximum atomic E-state index is 11.6. The second kappa shape index (κ2) is 20.6. The van der Waals surface area contributed by atoms with Crippen LogP contribution in [0, 0.1) is 0 Å². The first kappa shape index (κ1) is 33.7. The lowest BCUT2D eigenvalue weighted by Crippen LogP contribution is -2.60. The third kappa shape index (κ3) is 14.4. The Kier molecular flexibility index (Phi) is 18.8. The van der Waals surface area contributed by atoms with Crippen molar-refractivity contribution in [3.8, 4) is 0 Å². The van der Waals surface area contributed by atoms with Gasteiger partial charge >= 0.3 is 0 Å². The van der Waals surface area contributed by atoms with Gasteiger partial charge in [-0.2, -0.15) is 0 Å². The van der Waals surface area contributed by atoms with Gasteiger partial charge in [0.05, 0.1) is 25.4 Å². The number of ether oxygens (including phenoxy) is 2. The molecule has 7 unspecified atom stereocenters. The van der Waals surface area contributed by atoms with Gasteiger partial charge in [0, 0.05) is 6.92 Å². The van der Waals surface area contributed by atoms with Crippen molar-refractivity contribution in [1.29, 1.82) is 0 Å². The molecule has 1 heterocycles. The van der Waals surface area contributed by atoms with Gasteiger partial charge < -0.3 is 40.3 Å². The van der Waals surface area contributed by atoms with Gasteiger partial charge in [0.15, 0.2) is 6.29 Å². The summed E-state index contributed by atoms with van der Waals surface area (Å²) in [6.07, 6.45) is 14.3. The highest BCUT2D eigenvalue weighted by atomic mass is 16.7. The predicted octanol–water partition coefficient (Wildman–Crippen LogP) is 2.48. The van der Waals surface area contributed by atoms with Crippen LogP contribution in [-0.4, -0.2) is 87.5 Å². The van der Waals surface area contributed by atoms with E-state index >= 15 is 0 Å². The number of hydrogen-bond donors (Lipinski definition) is 6. The molecule has 37 heavy (non-hydrogen) atoms. The Hall–Kier alpha value is -1.33. The van der Waals surface area contributed by atoms with E-state index in [4.69, 9.17) is 9.47 Å². The van der Waals surface area contributed by atoms with Crippen molar-refractivity contribution < 1.29 is 39.8 Å². The molecule has 0 aromatic heterocycles. The van der Waals surface area contributed by atoms with E-state index in [1.807, 2.05) is 6.08 Å². The summed E-state index contributed by atoms with van der Waals surface area (Å²) >= 11 is 0. The molecular formula is C28H51NO8. The first-order chi connectivity index (χ1) is 17.8. The van der Waals surface area contributed by atoms with Crippen LogP contribution in [0.15, 0.2) is 24.3 Å². The average Bonchev–Trinajstić information content (AvgIpc) is 2.88. The topological polar surface area (TPSA) is 149 Å². The average molecular weight is 530 g/mol. The minimum atomic E-state index is -1.56. The zero-order valence-electron chi connectivity index (χ0n) is 22.7. The lowest BCUT2D eigenvalue weighted by Gasteiger charge is -2.40. The largest absolute Gasteiger partial charge is 0.394 e. The second-order valence-corrected chi connectivity index (χ2v) is 9.92. The number of allylic oxidation sites excluding steroid dienone is 3. The number of nitrogens with one attached hydrogen (secondary N) is 1. The summed E-state index contributed by atoms with van der Waals surface area (Å²) in [7, 11) is 0. The molecule has 1 rings (SSSR count). The molecule has 216 valence electrons. The van der Waals surface area contributed by atoms with Gasteiger partial charge in [-0.25, -0.2) is 0 Å². The normalized spacial score (nSPS) is 26.1. The Morgan fingerprint density at radius 2 is 1.49 bits per heavy atom. The number of amides is 1. The lowest BCUT2D eigenvalue weighted by molar-refractivity contribution is -0.302. The molecule has 6 N–H and O–H groups in total. The quantitative estimate of drug-likeness (QED) is 0.104. The monoisotopic (exact) mass is 529 g/mol. The van der Waals surface area contributed by atoms with Crippen LogP contribution in [0.1, 0.15) is 90.9 Å². The fraction of sp³-hybridized carbons (Fsp3) is 0.821. The summed E-state index contributed by atoms with van der Waals surface area (Å²) in [6, 6.07) is -0.816. The first-order valence-corrected chi connectivity index (χ1v) is 14.0. The van der Waals surface area contributed by atoms with Crippen molar-refractivity contribution in [3.63, 3.8) is 0 Å². The Balaban J connectivity index is 2.30. The van der Waals surface area contributed by atoms with Crippen molar-refractivity contribution in [2.24, 2.45) is 0 Å². The van der Waals surface area contributed by atoms with E-state index in [0.29, 0.717) is 0 Å². The molecule has 0 saturated carbocycles. The number of carbonyl (C=O) groups excluding carboxylic acids is 1. The number of aliphatic hydroxyl groups is 5. The maximum Gasteiger partial charge on any atom is 0.217 e. The van der Waals surface area contributed by atoms with E-state index in [0.717, 1.165) is 19.3 Å².